The molecular formula is C26H25ClO7. The zero-order valence-corrected chi connectivity index (χ0v) is 20.1. The van der Waals surface area contributed by atoms with E-state index in [9.17, 15) is 14.7 Å². The molecule has 0 aliphatic rings. The number of hydrogen-bond acceptors (Lipinski definition) is 7. The molecule has 1 atom stereocenters. The Morgan fingerprint density at radius 3 is 2.35 bits per heavy atom. The van der Waals surface area contributed by atoms with E-state index in [1.54, 1.807) is 32.0 Å². The van der Waals surface area contributed by atoms with Crippen molar-refractivity contribution in [3.63, 3.8) is 0 Å². The minimum atomic E-state index is -0.932. The van der Waals surface area contributed by atoms with Gasteiger partial charge in [0.25, 0.3) is 0 Å². The fourth-order valence-corrected chi connectivity index (χ4v) is 4.03. The number of benzene rings is 2. The van der Waals surface area contributed by atoms with E-state index in [2.05, 4.69) is 0 Å². The first kappa shape index (κ1) is 23.9. The fraction of sp³-hybridized carbons (Fsp3) is 0.308. The van der Waals surface area contributed by atoms with Crippen molar-refractivity contribution < 1.29 is 23.4 Å². The zero-order chi connectivity index (χ0) is 24.6. The first-order chi connectivity index (χ1) is 16.2. The molecule has 0 bridgehead atoms. The molecule has 0 radical (unpaired) electrons. The van der Waals surface area contributed by atoms with Gasteiger partial charge in [-0.15, -0.1) is 0 Å². The van der Waals surface area contributed by atoms with E-state index < -0.39 is 17.4 Å². The highest BCUT2D eigenvalue weighted by Crippen LogP contribution is 2.31. The fourth-order valence-electron chi connectivity index (χ4n) is 3.89. The topological polar surface area (TPSA) is 99.1 Å². The molecule has 2 aromatic heterocycles. The van der Waals surface area contributed by atoms with E-state index in [-0.39, 0.29) is 18.2 Å². The Labute approximate surface area is 200 Å². The van der Waals surface area contributed by atoms with Crippen molar-refractivity contribution in [2.24, 2.45) is 0 Å². The number of hydrogen-bond donors (Lipinski definition) is 1. The second-order valence-corrected chi connectivity index (χ2v) is 8.61. The molecule has 34 heavy (non-hydrogen) atoms. The number of ether oxygens (including phenoxy) is 2. The lowest BCUT2D eigenvalue weighted by atomic mass is 10.1. The van der Waals surface area contributed by atoms with Gasteiger partial charge in [-0.25, -0.2) is 9.59 Å². The summed E-state index contributed by atoms with van der Waals surface area (Å²) in [5, 5.41) is 12.1. The molecule has 2 aromatic carbocycles. The van der Waals surface area contributed by atoms with Crippen molar-refractivity contribution in [1.82, 2.24) is 0 Å². The molecule has 2 heterocycles. The minimum absolute atomic E-state index is 0.0228. The third-order valence-electron chi connectivity index (χ3n) is 5.84. The van der Waals surface area contributed by atoms with Crippen molar-refractivity contribution in [3.8, 4) is 11.5 Å². The summed E-state index contributed by atoms with van der Waals surface area (Å²) in [7, 11) is 0. The number of aliphatic hydroxyl groups is 1. The van der Waals surface area contributed by atoms with Crippen molar-refractivity contribution >= 4 is 33.5 Å². The van der Waals surface area contributed by atoms with E-state index in [4.69, 9.17) is 29.9 Å². The Balaban J connectivity index is 1.48. The quantitative estimate of drug-likeness (QED) is 0.374. The molecule has 1 N–H and O–H groups in total. The predicted molar refractivity (Wildman–Crippen MR) is 131 cm³/mol. The lowest BCUT2D eigenvalue weighted by molar-refractivity contribution is 0.0621. The van der Waals surface area contributed by atoms with Crippen molar-refractivity contribution in [1.29, 1.82) is 0 Å². The van der Waals surface area contributed by atoms with Gasteiger partial charge in [0, 0.05) is 28.5 Å². The SMILES string of the molecule is CCc1cc2c(C)cc(=O)oc2cc1OCC(O)COc1ccc2c(C)c(Cl)c(=O)oc2c1C. The van der Waals surface area contributed by atoms with Crippen LogP contribution in [0.4, 0.5) is 0 Å². The highest BCUT2D eigenvalue weighted by atomic mass is 35.5. The Morgan fingerprint density at radius 2 is 1.65 bits per heavy atom. The molecule has 0 spiro atoms. The largest absolute Gasteiger partial charge is 0.490 e. The molecule has 1 unspecified atom stereocenters. The van der Waals surface area contributed by atoms with Gasteiger partial charge >= 0.3 is 11.3 Å². The molecule has 0 saturated carbocycles. The van der Waals surface area contributed by atoms with Crippen LogP contribution in [-0.4, -0.2) is 24.4 Å². The maximum atomic E-state index is 12.0. The summed E-state index contributed by atoms with van der Waals surface area (Å²) in [5.41, 5.74) is 2.86. The first-order valence-corrected chi connectivity index (χ1v) is 11.3. The molecule has 0 saturated heterocycles. The Hall–Kier alpha value is -3.29. The standard InChI is InChI=1S/C26H25ClO7/c1-5-16-9-19-13(2)8-23(29)33-22(19)10-21(16)32-12-17(28)11-31-20-7-6-18-14(3)24(27)26(30)34-25(18)15(20)4/h6-10,17,28H,5,11-12H2,1-4H3. The molecule has 0 aliphatic carbocycles. The van der Waals surface area contributed by atoms with E-state index in [1.165, 1.54) is 6.07 Å². The molecular weight excluding hydrogens is 460 g/mol. The molecule has 0 aliphatic heterocycles. The van der Waals surface area contributed by atoms with Crippen molar-refractivity contribution in [2.45, 2.75) is 40.2 Å². The monoisotopic (exact) mass is 484 g/mol. The first-order valence-electron chi connectivity index (χ1n) is 10.9. The average molecular weight is 485 g/mol. The van der Waals surface area contributed by atoms with Gasteiger partial charge in [0.05, 0.1) is 0 Å². The third kappa shape index (κ3) is 4.54. The smallest absolute Gasteiger partial charge is 0.355 e. The molecule has 4 rings (SSSR count). The van der Waals surface area contributed by atoms with Gasteiger partial charge < -0.3 is 23.4 Å². The maximum Gasteiger partial charge on any atom is 0.355 e. The number of fused-ring (bicyclic) bond motifs is 2. The molecule has 8 heteroatoms. The van der Waals surface area contributed by atoms with Crippen LogP contribution in [0.5, 0.6) is 11.5 Å². The number of aryl methyl sites for hydroxylation is 4. The van der Waals surface area contributed by atoms with E-state index in [0.29, 0.717) is 40.2 Å². The van der Waals surface area contributed by atoms with Crippen LogP contribution in [0.2, 0.25) is 5.02 Å². The van der Waals surface area contributed by atoms with Gasteiger partial charge in [-0.05, 0) is 62.1 Å². The van der Waals surface area contributed by atoms with Crippen molar-refractivity contribution in [3.05, 3.63) is 78.4 Å². The molecule has 0 fully saturated rings. The number of rotatable bonds is 7. The number of aliphatic hydroxyl groups excluding tert-OH is 1. The zero-order valence-electron chi connectivity index (χ0n) is 19.4. The summed E-state index contributed by atoms with van der Waals surface area (Å²) in [5.74, 6) is 1.02. The average Bonchev–Trinajstić information content (AvgIpc) is 2.80. The van der Waals surface area contributed by atoms with Crippen LogP contribution in [0.3, 0.4) is 0 Å². The van der Waals surface area contributed by atoms with E-state index >= 15 is 0 Å². The second-order valence-electron chi connectivity index (χ2n) is 8.23. The van der Waals surface area contributed by atoms with E-state index in [1.807, 2.05) is 19.9 Å². The second kappa shape index (κ2) is 9.52. The van der Waals surface area contributed by atoms with Crippen LogP contribution >= 0.6 is 11.6 Å². The Bertz CT molecular complexity index is 1500. The minimum Gasteiger partial charge on any atom is -0.490 e. The van der Waals surface area contributed by atoms with Crippen LogP contribution in [0, 0.1) is 20.8 Å². The van der Waals surface area contributed by atoms with Crippen LogP contribution in [0.15, 0.2) is 48.8 Å². The summed E-state index contributed by atoms with van der Waals surface area (Å²) >= 11 is 6.00. The van der Waals surface area contributed by atoms with Gasteiger partial charge in [0.15, 0.2) is 0 Å². The van der Waals surface area contributed by atoms with Gasteiger partial charge in [-0.1, -0.05) is 18.5 Å². The Morgan fingerprint density at radius 1 is 0.941 bits per heavy atom. The molecule has 0 amide bonds. The van der Waals surface area contributed by atoms with E-state index in [0.717, 1.165) is 21.9 Å². The predicted octanol–water partition coefficient (Wildman–Crippen LogP) is 4.86. The summed E-state index contributed by atoms with van der Waals surface area (Å²) in [6, 6.07) is 8.59. The summed E-state index contributed by atoms with van der Waals surface area (Å²) < 4.78 is 22.3. The van der Waals surface area contributed by atoms with Crippen LogP contribution < -0.4 is 20.7 Å². The van der Waals surface area contributed by atoms with Crippen LogP contribution in [-0.2, 0) is 6.42 Å². The van der Waals surface area contributed by atoms with Crippen LogP contribution in [0.1, 0.15) is 29.2 Å². The molecule has 4 aromatic rings. The lowest BCUT2D eigenvalue weighted by Gasteiger charge is -2.17. The van der Waals surface area contributed by atoms with Gasteiger partial charge in [-0.3, -0.25) is 0 Å². The third-order valence-corrected chi connectivity index (χ3v) is 6.28. The van der Waals surface area contributed by atoms with Crippen LogP contribution in [0.25, 0.3) is 21.9 Å². The molecule has 178 valence electrons. The maximum absolute atomic E-state index is 12.0. The van der Waals surface area contributed by atoms with Crippen molar-refractivity contribution in [2.75, 3.05) is 13.2 Å². The summed E-state index contributed by atoms with van der Waals surface area (Å²) in [4.78, 5) is 23.7. The van der Waals surface area contributed by atoms with Gasteiger partial charge in [0.2, 0.25) is 0 Å². The molecule has 7 nitrogen and oxygen atoms in total. The number of halogens is 1. The highest BCUT2D eigenvalue weighted by molar-refractivity contribution is 6.31. The summed E-state index contributed by atoms with van der Waals surface area (Å²) in [6.45, 7) is 7.33. The van der Waals surface area contributed by atoms with Gasteiger partial charge in [0.1, 0.15) is 47.0 Å². The van der Waals surface area contributed by atoms with Gasteiger partial charge in [-0.2, -0.15) is 0 Å². The summed E-state index contributed by atoms with van der Waals surface area (Å²) in [6.07, 6.45) is -0.222. The Kier molecular flexibility index (Phi) is 6.68. The highest BCUT2D eigenvalue weighted by Gasteiger charge is 2.16. The normalized spacial score (nSPS) is 12.3. The lowest BCUT2D eigenvalue weighted by Crippen LogP contribution is -2.25.